The summed E-state index contributed by atoms with van der Waals surface area (Å²) in [6.07, 6.45) is 0.910. The first-order valence-electron chi connectivity index (χ1n) is 5.82. The number of nitrogens with zero attached hydrogens (tertiary/aromatic N) is 1. The molecule has 0 aliphatic rings. The van der Waals surface area contributed by atoms with Crippen molar-refractivity contribution in [2.75, 3.05) is 16.8 Å². The molecule has 0 fully saturated rings. The van der Waals surface area contributed by atoms with Crippen LogP contribution in [0.1, 0.15) is 20.3 Å². The van der Waals surface area contributed by atoms with Crippen LogP contribution in [0.25, 0.3) is 0 Å². The topological polar surface area (TPSA) is 55.2 Å². The Balaban J connectivity index is 2.68. The second kappa shape index (κ2) is 7.20. The number of nitrogens with one attached hydrogen (secondary N) is 1. The van der Waals surface area contributed by atoms with Gasteiger partial charge in [-0.15, -0.1) is 0 Å². The Morgan fingerprint density at radius 2 is 2.28 bits per heavy atom. The van der Waals surface area contributed by atoms with Crippen LogP contribution in [0.2, 0.25) is 0 Å². The van der Waals surface area contributed by atoms with Crippen molar-refractivity contribution in [3.05, 3.63) is 34.1 Å². The summed E-state index contributed by atoms with van der Waals surface area (Å²) in [5.41, 5.74) is 0.153. The quantitative estimate of drug-likeness (QED) is 0.467. The van der Waals surface area contributed by atoms with Crippen molar-refractivity contribution in [2.24, 2.45) is 0 Å². The first-order valence-corrected chi connectivity index (χ1v) is 6.98. The third-order valence-corrected chi connectivity index (χ3v) is 3.39. The van der Waals surface area contributed by atoms with Gasteiger partial charge in [0.1, 0.15) is 11.5 Å². The molecule has 0 saturated carbocycles. The monoisotopic (exact) mass is 272 g/mol. The van der Waals surface area contributed by atoms with Crippen molar-refractivity contribution in [2.45, 2.75) is 26.3 Å². The fourth-order valence-electron chi connectivity index (χ4n) is 1.52. The SMILES string of the molecule is CCSCCC(C)Nc1ccc(F)cc1[N+](=O)[O-]. The number of rotatable bonds is 7. The van der Waals surface area contributed by atoms with Gasteiger partial charge in [0.15, 0.2) is 0 Å². The lowest BCUT2D eigenvalue weighted by Crippen LogP contribution is -2.17. The van der Waals surface area contributed by atoms with Crippen LogP contribution in [0.4, 0.5) is 15.8 Å². The molecule has 0 aliphatic heterocycles. The summed E-state index contributed by atoms with van der Waals surface area (Å²) in [6, 6.07) is 3.70. The predicted molar refractivity (Wildman–Crippen MR) is 73.8 cm³/mol. The molecular weight excluding hydrogens is 255 g/mol. The highest BCUT2D eigenvalue weighted by molar-refractivity contribution is 7.99. The normalized spacial score (nSPS) is 12.2. The van der Waals surface area contributed by atoms with E-state index in [1.807, 2.05) is 18.7 Å². The molecule has 6 heteroatoms. The van der Waals surface area contributed by atoms with Gasteiger partial charge in [-0.05, 0) is 37.0 Å². The number of halogens is 1. The molecule has 18 heavy (non-hydrogen) atoms. The molecule has 1 aromatic carbocycles. The van der Waals surface area contributed by atoms with Crippen LogP contribution in [0, 0.1) is 15.9 Å². The highest BCUT2D eigenvalue weighted by Gasteiger charge is 2.16. The van der Waals surface area contributed by atoms with Crippen LogP contribution in [-0.2, 0) is 0 Å². The standard InChI is InChI=1S/C12H17FN2O2S/c1-3-18-7-6-9(2)14-11-5-4-10(13)8-12(11)15(16)17/h4-5,8-9,14H,3,6-7H2,1-2H3. The Kier molecular flexibility index (Phi) is 5.91. The maximum Gasteiger partial charge on any atom is 0.295 e. The third-order valence-electron chi connectivity index (χ3n) is 2.46. The smallest absolute Gasteiger partial charge is 0.295 e. The number of hydrogen-bond acceptors (Lipinski definition) is 4. The van der Waals surface area contributed by atoms with Gasteiger partial charge in [0, 0.05) is 6.04 Å². The Morgan fingerprint density at radius 3 is 2.89 bits per heavy atom. The second-order valence-corrected chi connectivity index (χ2v) is 5.34. The summed E-state index contributed by atoms with van der Waals surface area (Å²) < 4.78 is 13.0. The molecule has 0 amide bonds. The van der Waals surface area contributed by atoms with Crippen molar-refractivity contribution in [1.82, 2.24) is 0 Å². The minimum absolute atomic E-state index is 0.119. The fraction of sp³-hybridized carbons (Fsp3) is 0.500. The number of nitro groups is 1. The molecule has 0 radical (unpaired) electrons. The van der Waals surface area contributed by atoms with Crippen molar-refractivity contribution in [3.8, 4) is 0 Å². The Labute approximate surface area is 110 Å². The van der Waals surface area contributed by atoms with Crippen LogP contribution < -0.4 is 5.32 Å². The van der Waals surface area contributed by atoms with Gasteiger partial charge in [-0.1, -0.05) is 6.92 Å². The highest BCUT2D eigenvalue weighted by atomic mass is 32.2. The van der Waals surface area contributed by atoms with Crippen molar-refractivity contribution >= 4 is 23.1 Å². The predicted octanol–water partition coefficient (Wildman–Crippen LogP) is 3.68. The van der Waals surface area contributed by atoms with Crippen LogP contribution in [0.15, 0.2) is 18.2 Å². The van der Waals surface area contributed by atoms with Crippen LogP contribution in [-0.4, -0.2) is 22.5 Å². The number of hydrogen-bond donors (Lipinski definition) is 1. The fourth-order valence-corrected chi connectivity index (χ4v) is 2.33. The van der Waals surface area contributed by atoms with Crippen LogP contribution >= 0.6 is 11.8 Å². The van der Waals surface area contributed by atoms with Gasteiger partial charge in [-0.3, -0.25) is 10.1 Å². The highest BCUT2D eigenvalue weighted by Crippen LogP contribution is 2.26. The molecule has 0 aromatic heterocycles. The van der Waals surface area contributed by atoms with Crippen LogP contribution in [0.3, 0.4) is 0 Å². The number of thioether (sulfide) groups is 1. The van der Waals surface area contributed by atoms with E-state index in [1.165, 1.54) is 12.1 Å². The first-order chi connectivity index (χ1) is 8.54. The number of nitro benzene ring substituents is 1. The zero-order valence-corrected chi connectivity index (χ0v) is 11.3. The van der Waals surface area contributed by atoms with E-state index in [0.29, 0.717) is 5.69 Å². The summed E-state index contributed by atoms with van der Waals surface area (Å²) in [4.78, 5) is 10.2. The summed E-state index contributed by atoms with van der Waals surface area (Å²) in [7, 11) is 0. The molecule has 1 rings (SSSR count). The third kappa shape index (κ3) is 4.52. The van der Waals surface area contributed by atoms with Crippen LogP contribution in [0.5, 0.6) is 0 Å². The van der Waals surface area contributed by atoms with E-state index in [4.69, 9.17) is 0 Å². The maximum atomic E-state index is 13.0. The zero-order chi connectivity index (χ0) is 13.5. The van der Waals surface area contributed by atoms with E-state index in [9.17, 15) is 14.5 Å². The Hall–Kier alpha value is -1.30. The average molecular weight is 272 g/mol. The van der Waals surface area contributed by atoms with E-state index in [2.05, 4.69) is 12.2 Å². The molecule has 1 aromatic rings. The van der Waals surface area contributed by atoms with Gasteiger partial charge >= 0.3 is 0 Å². The zero-order valence-electron chi connectivity index (χ0n) is 10.5. The van der Waals surface area contributed by atoms with Crippen molar-refractivity contribution < 1.29 is 9.31 Å². The van der Waals surface area contributed by atoms with Crippen molar-refractivity contribution in [3.63, 3.8) is 0 Å². The van der Waals surface area contributed by atoms with E-state index < -0.39 is 10.7 Å². The lowest BCUT2D eigenvalue weighted by molar-refractivity contribution is -0.384. The summed E-state index contributed by atoms with van der Waals surface area (Å²) >= 11 is 1.83. The molecule has 1 N–H and O–H groups in total. The first kappa shape index (κ1) is 14.8. The lowest BCUT2D eigenvalue weighted by Gasteiger charge is -2.14. The lowest BCUT2D eigenvalue weighted by atomic mass is 10.2. The molecule has 100 valence electrons. The Bertz CT molecular complexity index is 415. The molecule has 1 unspecified atom stereocenters. The minimum Gasteiger partial charge on any atom is -0.377 e. The van der Waals surface area contributed by atoms with E-state index in [0.717, 1.165) is 24.0 Å². The van der Waals surface area contributed by atoms with Gasteiger partial charge in [0.2, 0.25) is 0 Å². The molecule has 4 nitrogen and oxygen atoms in total. The van der Waals surface area contributed by atoms with Gasteiger partial charge in [0.25, 0.3) is 5.69 Å². The summed E-state index contributed by atoms with van der Waals surface area (Å²) in [5.74, 6) is 1.46. The van der Waals surface area contributed by atoms with E-state index in [1.54, 1.807) is 0 Å². The minimum atomic E-state index is -0.596. The van der Waals surface area contributed by atoms with Gasteiger partial charge in [-0.2, -0.15) is 11.8 Å². The number of anilines is 1. The molecule has 0 aliphatic carbocycles. The molecule has 0 heterocycles. The molecule has 0 spiro atoms. The Morgan fingerprint density at radius 1 is 1.56 bits per heavy atom. The van der Waals surface area contributed by atoms with Gasteiger partial charge in [-0.25, -0.2) is 4.39 Å². The molecular formula is C12H17FN2O2S. The largest absolute Gasteiger partial charge is 0.377 e. The van der Waals surface area contributed by atoms with Gasteiger partial charge in [0.05, 0.1) is 11.0 Å². The van der Waals surface area contributed by atoms with E-state index >= 15 is 0 Å². The molecule has 0 saturated heterocycles. The van der Waals surface area contributed by atoms with Crippen molar-refractivity contribution in [1.29, 1.82) is 0 Å². The number of benzene rings is 1. The summed E-state index contributed by atoms with van der Waals surface area (Å²) in [6.45, 7) is 4.05. The molecule has 1 atom stereocenters. The maximum absolute atomic E-state index is 13.0. The van der Waals surface area contributed by atoms with E-state index in [-0.39, 0.29) is 11.7 Å². The second-order valence-electron chi connectivity index (χ2n) is 3.95. The summed E-state index contributed by atoms with van der Waals surface area (Å²) in [5, 5.41) is 13.9. The molecule has 0 bridgehead atoms. The van der Waals surface area contributed by atoms with Gasteiger partial charge < -0.3 is 5.32 Å². The average Bonchev–Trinajstić information content (AvgIpc) is 2.31.